The Morgan fingerprint density at radius 1 is 1.50 bits per heavy atom. The standard InChI is InChI=1S/C10H8BrNO2/c1-12-5-8(11)7-4-6(10(13)14)2-3-9(7)12/h2-5H,1H3,(H,13,14). The Morgan fingerprint density at radius 2 is 2.21 bits per heavy atom. The Bertz CT molecular complexity index is 516. The van der Waals surface area contributed by atoms with Gasteiger partial charge < -0.3 is 9.67 Å². The third-order valence-corrected chi connectivity index (χ3v) is 2.82. The SMILES string of the molecule is Cn1cc(Br)c2cc(C(=O)O)ccc21. The number of benzene rings is 1. The van der Waals surface area contributed by atoms with Crippen LogP contribution in [0, 0.1) is 0 Å². The summed E-state index contributed by atoms with van der Waals surface area (Å²) in [7, 11) is 1.92. The molecule has 3 nitrogen and oxygen atoms in total. The Kier molecular flexibility index (Phi) is 2.07. The number of nitrogens with zero attached hydrogens (tertiary/aromatic N) is 1. The highest BCUT2D eigenvalue weighted by Crippen LogP contribution is 2.26. The van der Waals surface area contributed by atoms with Gasteiger partial charge in [0, 0.05) is 28.6 Å². The molecule has 0 fully saturated rings. The fourth-order valence-electron chi connectivity index (χ4n) is 1.48. The van der Waals surface area contributed by atoms with Crippen molar-refractivity contribution in [3.63, 3.8) is 0 Å². The second-order valence-corrected chi connectivity index (χ2v) is 3.98. The molecule has 0 spiro atoms. The molecule has 0 aliphatic carbocycles. The number of carboxylic acid groups (broad SMARTS) is 1. The Morgan fingerprint density at radius 3 is 2.86 bits per heavy atom. The molecule has 0 bridgehead atoms. The number of rotatable bonds is 1. The van der Waals surface area contributed by atoms with Crippen LogP contribution in [0.1, 0.15) is 10.4 Å². The Hall–Kier alpha value is -1.29. The molecule has 0 saturated heterocycles. The summed E-state index contributed by atoms with van der Waals surface area (Å²) in [5.41, 5.74) is 1.33. The maximum absolute atomic E-state index is 10.7. The van der Waals surface area contributed by atoms with E-state index in [-0.39, 0.29) is 0 Å². The van der Waals surface area contributed by atoms with Gasteiger partial charge in [-0.3, -0.25) is 0 Å². The molecule has 0 saturated carbocycles. The number of carbonyl (C=O) groups is 1. The van der Waals surface area contributed by atoms with Crippen LogP contribution in [0.2, 0.25) is 0 Å². The second kappa shape index (κ2) is 3.13. The zero-order chi connectivity index (χ0) is 10.3. The normalized spacial score (nSPS) is 10.7. The number of carboxylic acids is 1. The van der Waals surface area contributed by atoms with Crippen molar-refractivity contribution in [1.82, 2.24) is 4.57 Å². The number of aromatic nitrogens is 1. The van der Waals surface area contributed by atoms with Crippen molar-refractivity contribution in [2.75, 3.05) is 0 Å². The van der Waals surface area contributed by atoms with E-state index in [9.17, 15) is 4.79 Å². The molecule has 0 atom stereocenters. The van der Waals surface area contributed by atoms with Crippen molar-refractivity contribution in [2.24, 2.45) is 7.05 Å². The summed E-state index contributed by atoms with van der Waals surface area (Å²) < 4.78 is 2.86. The summed E-state index contributed by atoms with van der Waals surface area (Å²) in [5.74, 6) is -0.900. The fraction of sp³-hybridized carbons (Fsp3) is 0.100. The average Bonchev–Trinajstić information content (AvgIpc) is 2.42. The molecular formula is C10H8BrNO2. The lowest BCUT2D eigenvalue weighted by Crippen LogP contribution is -1.95. The summed E-state index contributed by atoms with van der Waals surface area (Å²) in [4.78, 5) is 10.7. The Balaban J connectivity index is 2.77. The van der Waals surface area contributed by atoms with Crippen LogP contribution in [0.15, 0.2) is 28.9 Å². The van der Waals surface area contributed by atoms with Gasteiger partial charge in [-0.05, 0) is 34.1 Å². The minimum Gasteiger partial charge on any atom is -0.478 e. The molecule has 0 aliphatic rings. The first-order chi connectivity index (χ1) is 6.59. The molecule has 14 heavy (non-hydrogen) atoms. The fourth-order valence-corrected chi connectivity index (χ4v) is 2.10. The van der Waals surface area contributed by atoms with E-state index in [1.165, 1.54) is 0 Å². The summed E-state index contributed by atoms with van der Waals surface area (Å²) in [5, 5.41) is 9.74. The third-order valence-electron chi connectivity index (χ3n) is 2.19. The van der Waals surface area contributed by atoms with Gasteiger partial charge in [-0.25, -0.2) is 4.79 Å². The van der Waals surface area contributed by atoms with Crippen molar-refractivity contribution in [3.8, 4) is 0 Å². The summed E-state index contributed by atoms with van der Waals surface area (Å²) in [6.45, 7) is 0. The summed E-state index contributed by atoms with van der Waals surface area (Å²) >= 11 is 3.39. The number of aryl methyl sites for hydroxylation is 1. The van der Waals surface area contributed by atoms with Crippen LogP contribution >= 0.6 is 15.9 Å². The quantitative estimate of drug-likeness (QED) is 0.849. The first-order valence-electron chi connectivity index (χ1n) is 4.07. The number of hydrogen-bond donors (Lipinski definition) is 1. The minimum absolute atomic E-state index is 0.310. The van der Waals surface area contributed by atoms with E-state index in [2.05, 4.69) is 15.9 Å². The van der Waals surface area contributed by atoms with Crippen LogP contribution in [0.4, 0.5) is 0 Å². The molecule has 1 N–H and O–H groups in total. The van der Waals surface area contributed by atoms with Crippen LogP contribution in [0.3, 0.4) is 0 Å². The molecule has 2 aromatic rings. The first kappa shape index (κ1) is 9.27. The van der Waals surface area contributed by atoms with E-state index in [4.69, 9.17) is 5.11 Å². The molecule has 0 unspecified atom stereocenters. The van der Waals surface area contributed by atoms with Gasteiger partial charge in [-0.15, -0.1) is 0 Å². The molecule has 4 heteroatoms. The topological polar surface area (TPSA) is 42.2 Å². The van der Waals surface area contributed by atoms with Crippen LogP contribution in [0.5, 0.6) is 0 Å². The van der Waals surface area contributed by atoms with Crippen molar-refractivity contribution >= 4 is 32.8 Å². The third kappa shape index (κ3) is 1.32. The van der Waals surface area contributed by atoms with Crippen molar-refractivity contribution in [3.05, 3.63) is 34.4 Å². The maximum atomic E-state index is 10.7. The highest BCUT2D eigenvalue weighted by molar-refractivity contribution is 9.10. The van der Waals surface area contributed by atoms with Crippen molar-refractivity contribution in [2.45, 2.75) is 0 Å². The van der Waals surface area contributed by atoms with Crippen molar-refractivity contribution < 1.29 is 9.90 Å². The zero-order valence-electron chi connectivity index (χ0n) is 7.49. The van der Waals surface area contributed by atoms with E-state index in [1.54, 1.807) is 12.1 Å². The van der Waals surface area contributed by atoms with Crippen LogP contribution < -0.4 is 0 Å². The predicted octanol–water partition coefficient (Wildman–Crippen LogP) is 2.64. The summed E-state index contributed by atoms with van der Waals surface area (Å²) in [6.07, 6.45) is 1.91. The second-order valence-electron chi connectivity index (χ2n) is 3.13. The van der Waals surface area contributed by atoms with Crippen LogP contribution in [-0.4, -0.2) is 15.6 Å². The molecule has 0 amide bonds. The average molecular weight is 254 g/mol. The van der Waals surface area contributed by atoms with Gasteiger partial charge >= 0.3 is 5.97 Å². The highest BCUT2D eigenvalue weighted by atomic mass is 79.9. The van der Waals surface area contributed by atoms with Gasteiger partial charge in [0.1, 0.15) is 0 Å². The highest BCUT2D eigenvalue weighted by Gasteiger charge is 2.08. The maximum Gasteiger partial charge on any atom is 0.335 e. The van der Waals surface area contributed by atoms with Gasteiger partial charge in [0.2, 0.25) is 0 Å². The van der Waals surface area contributed by atoms with Gasteiger partial charge in [0.25, 0.3) is 0 Å². The molecular weight excluding hydrogens is 246 g/mol. The van der Waals surface area contributed by atoms with Crippen LogP contribution in [-0.2, 0) is 7.05 Å². The lowest BCUT2D eigenvalue weighted by atomic mass is 10.1. The van der Waals surface area contributed by atoms with Gasteiger partial charge in [0.05, 0.1) is 5.56 Å². The predicted molar refractivity (Wildman–Crippen MR) is 57.6 cm³/mol. The van der Waals surface area contributed by atoms with Gasteiger partial charge in [-0.1, -0.05) is 0 Å². The molecule has 1 heterocycles. The first-order valence-corrected chi connectivity index (χ1v) is 4.87. The lowest BCUT2D eigenvalue weighted by molar-refractivity contribution is 0.0697. The molecule has 0 aliphatic heterocycles. The molecule has 72 valence electrons. The van der Waals surface area contributed by atoms with E-state index >= 15 is 0 Å². The van der Waals surface area contributed by atoms with Crippen molar-refractivity contribution in [1.29, 1.82) is 0 Å². The molecule has 1 aromatic carbocycles. The number of aromatic carboxylic acids is 1. The van der Waals surface area contributed by atoms with E-state index in [1.807, 2.05) is 23.9 Å². The number of hydrogen-bond acceptors (Lipinski definition) is 1. The van der Waals surface area contributed by atoms with E-state index < -0.39 is 5.97 Å². The van der Waals surface area contributed by atoms with E-state index in [0.717, 1.165) is 15.4 Å². The monoisotopic (exact) mass is 253 g/mol. The lowest BCUT2D eigenvalue weighted by Gasteiger charge is -1.97. The smallest absolute Gasteiger partial charge is 0.335 e. The number of halogens is 1. The van der Waals surface area contributed by atoms with Crippen LogP contribution in [0.25, 0.3) is 10.9 Å². The summed E-state index contributed by atoms with van der Waals surface area (Å²) in [6, 6.07) is 5.09. The van der Waals surface area contributed by atoms with Gasteiger partial charge in [0.15, 0.2) is 0 Å². The zero-order valence-corrected chi connectivity index (χ0v) is 9.08. The largest absolute Gasteiger partial charge is 0.478 e. The minimum atomic E-state index is -0.900. The number of fused-ring (bicyclic) bond motifs is 1. The van der Waals surface area contributed by atoms with E-state index in [0.29, 0.717) is 5.56 Å². The molecule has 1 aromatic heterocycles. The molecule has 2 rings (SSSR count). The molecule has 0 radical (unpaired) electrons. The Labute approximate surface area is 89.1 Å². The van der Waals surface area contributed by atoms with Gasteiger partial charge in [-0.2, -0.15) is 0 Å².